The molecule has 17 heavy (non-hydrogen) atoms. The summed E-state index contributed by atoms with van der Waals surface area (Å²) in [4.78, 5) is 11.1. The molecule has 0 bridgehead atoms. The Bertz CT molecular complexity index is 559. The van der Waals surface area contributed by atoms with Gasteiger partial charge in [0.1, 0.15) is 0 Å². The van der Waals surface area contributed by atoms with Gasteiger partial charge >= 0.3 is 0 Å². The fourth-order valence-electron chi connectivity index (χ4n) is 1.81. The van der Waals surface area contributed by atoms with E-state index in [0.29, 0.717) is 16.1 Å². The monoisotopic (exact) mass is 245 g/mol. The van der Waals surface area contributed by atoms with Gasteiger partial charge in [-0.2, -0.15) is 0 Å². The topological polar surface area (TPSA) is 40.1 Å². The van der Waals surface area contributed by atoms with E-state index in [4.69, 9.17) is 11.6 Å². The molecule has 0 saturated carbocycles. The predicted octanol–water partition coefficient (Wildman–Crippen LogP) is 2.68. The van der Waals surface area contributed by atoms with Crippen LogP contribution in [0.4, 0.5) is 0 Å². The van der Waals surface area contributed by atoms with Gasteiger partial charge in [-0.1, -0.05) is 41.9 Å². The SMILES string of the molecule is Cc1cccc(-c2ccc(Cl)cc2)c1C(=O)[O-]. The van der Waals surface area contributed by atoms with Crippen LogP contribution < -0.4 is 5.11 Å². The Morgan fingerprint density at radius 3 is 2.35 bits per heavy atom. The zero-order chi connectivity index (χ0) is 12.4. The summed E-state index contributed by atoms with van der Waals surface area (Å²) in [7, 11) is 0. The number of carboxylic acids is 1. The first-order valence-electron chi connectivity index (χ1n) is 5.16. The zero-order valence-corrected chi connectivity index (χ0v) is 9.99. The quantitative estimate of drug-likeness (QED) is 0.816. The second kappa shape index (κ2) is 4.60. The van der Waals surface area contributed by atoms with Crippen LogP contribution in [0.2, 0.25) is 5.02 Å². The number of aromatic carboxylic acids is 1. The third kappa shape index (κ3) is 2.32. The number of benzene rings is 2. The van der Waals surface area contributed by atoms with Crippen LogP contribution in [0.25, 0.3) is 11.1 Å². The molecule has 0 radical (unpaired) electrons. The van der Waals surface area contributed by atoms with Crippen molar-refractivity contribution in [3.05, 3.63) is 58.6 Å². The molecule has 0 atom stereocenters. The summed E-state index contributed by atoms with van der Waals surface area (Å²) in [5.41, 5.74) is 2.39. The molecular weight excluding hydrogens is 236 g/mol. The number of hydrogen-bond acceptors (Lipinski definition) is 2. The number of halogens is 1. The first kappa shape index (κ1) is 11.7. The Balaban J connectivity index is 2.63. The molecule has 0 spiro atoms. The van der Waals surface area contributed by atoms with E-state index in [1.54, 1.807) is 43.3 Å². The molecule has 0 amide bonds. The van der Waals surface area contributed by atoms with Crippen LogP contribution >= 0.6 is 11.6 Å². The molecule has 0 aromatic heterocycles. The standard InChI is InChI=1S/C14H11ClO2/c1-9-3-2-4-12(13(9)14(16)17)10-5-7-11(15)8-6-10/h2-8H,1H3,(H,16,17)/p-1. The number of rotatable bonds is 2. The van der Waals surface area contributed by atoms with E-state index >= 15 is 0 Å². The van der Waals surface area contributed by atoms with E-state index in [2.05, 4.69) is 0 Å². The molecule has 2 aromatic carbocycles. The lowest BCUT2D eigenvalue weighted by molar-refractivity contribution is -0.255. The maximum Gasteiger partial charge on any atom is 0.0724 e. The van der Waals surface area contributed by atoms with Gasteiger partial charge in [-0.15, -0.1) is 0 Å². The summed E-state index contributed by atoms with van der Waals surface area (Å²) < 4.78 is 0. The molecule has 86 valence electrons. The van der Waals surface area contributed by atoms with Crippen LogP contribution in [0.3, 0.4) is 0 Å². The lowest BCUT2D eigenvalue weighted by atomic mass is 9.96. The number of carbonyl (C=O) groups excluding carboxylic acids is 1. The normalized spacial score (nSPS) is 10.2. The van der Waals surface area contributed by atoms with Gasteiger partial charge in [0.2, 0.25) is 0 Å². The molecule has 2 aromatic rings. The zero-order valence-electron chi connectivity index (χ0n) is 9.24. The number of hydrogen-bond donors (Lipinski definition) is 0. The first-order chi connectivity index (χ1) is 8.09. The Kier molecular flexibility index (Phi) is 3.16. The lowest BCUT2D eigenvalue weighted by Crippen LogP contribution is -2.24. The van der Waals surface area contributed by atoms with Gasteiger partial charge in [0.25, 0.3) is 0 Å². The first-order valence-corrected chi connectivity index (χ1v) is 5.54. The van der Waals surface area contributed by atoms with Crippen molar-refractivity contribution in [3.63, 3.8) is 0 Å². The van der Waals surface area contributed by atoms with Crippen LogP contribution in [0.15, 0.2) is 42.5 Å². The van der Waals surface area contributed by atoms with Crippen LogP contribution in [-0.4, -0.2) is 5.97 Å². The van der Waals surface area contributed by atoms with Gasteiger partial charge in [-0.3, -0.25) is 0 Å². The summed E-state index contributed by atoms with van der Waals surface area (Å²) in [6.07, 6.45) is 0. The second-order valence-corrected chi connectivity index (χ2v) is 4.23. The van der Waals surface area contributed by atoms with Gasteiger partial charge in [0.05, 0.1) is 5.97 Å². The third-order valence-corrected chi connectivity index (χ3v) is 2.88. The van der Waals surface area contributed by atoms with Crippen molar-refractivity contribution in [1.29, 1.82) is 0 Å². The van der Waals surface area contributed by atoms with Crippen molar-refractivity contribution in [2.24, 2.45) is 0 Å². The van der Waals surface area contributed by atoms with Crippen molar-refractivity contribution in [3.8, 4) is 11.1 Å². The van der Waals surface area contributed by atoms with Crippen molar-refractivity contribution >= 4 is 17.6 Å². The smallest absolute Gasteiger partial charge is 0.0724 e. The third-order valence-electron chi connectivity index (χ3n) is 2.63. The molecule has 2 nitrogen and oxygen atoms in total. The molecule has 0 fully saturated rings. The fraction of sp³-hybridized carbons (Fsp3) is 0.0714. The predicted molar refractivity (Wildman–Crippen MR) is 66.0 cm³/mol. The van der Waals surface area contributed by atoms with Gasteiger partial charge in [-0.05, 0) is 35.7 Å². The van der Waals surface area contributed by atoms with Crippen LogP contribution in [0.5, 0.6) is 0 Å². The van der Waals surface area contributed by atoms with Crippen LogP contribution in [0, 0.1) is 6.92 Å². The fourth-order valence-corrected chi connectivity index (χ4v) is 1.93. The minimum atomic E-state index is -1.16. The van der Waals surface area contributed by atoms with Crippen molar-refractivity contribution in [1.82, 2.24) is 0 Å². The van der Waals surface area contributed by atoms with Gasteiger partial charge < -0.3 is 9.90 Å². The Labute approximate surface area is 104 Å². The Hall–Kier alpha value is -1.80. The summed E-state index contributed by atoms with van der Waals surface area (Å²) >= 11 is 5.80. The van der Waals surface area contributed by atoms with E-state index in [9.17, 15) is 9.90 Å². The molecule has 3 heteroatoms. The minimum Gasteiger partial charge on any atom is -0.545 e. The molecule has 0 N–H and O–H groups in total. The second-order valence-electron chi connectivity index (χ2n) is 3.79. The number of carboxylic acid groups (broad SMARTS) is 1. The van der Waals surface area contributed by atoms with Crippen molar-refractivity contribution < 1.29 is 9.90 Å². The highest BCUT2D eigenvalue weighted by Crippen LogP contribution is 2.26. The molecule has 0 unspecified atom stereocenters. The van der Waals surface area contributed by atoms with E-state index in [1.165, 1.54) is 0 Å². The average molecular weight is 246 g/mol. The minimum absolute atomic E-state index is 0.231. The Morgan fingerprint density at radius 1 is 1.12 bits per heavy atom. The van der Waals surface area contributed by atoms with E-state index in [0.717, 1.165) is 5.56 Å². The van der Waals surface area contributed by atoms with Crippen LogP contribution in [0.1, 0.15) is 15.9 Å². The van der Waals surface area contributed by atoms with Gasteiger partial charge in [0, 0.05) is 10.6 Å². The Morgan fingerprint density at radius 2 is 1.76 bits per heavy atom. The number of aryl methyl sites for hydroxylation is 1. The summed E-state index contributed by atoms with van der Waals surface area (Å²) in [5.74, 6) is -1.16. The molecule has 0 heterocycles. The molecule has 0 aliphatic heterocycles. The molecule has 0 aliphatic rings. The van der Waals surface area contributed by atoms with Crippen molar-refractivity contribution in [2.75, 3.05) is 0 Å². The highest BCUT2D eigenvalue weighted by atomic mass is 35.5. The maximum atomic E-state index is 11.1. The van der Waals surface area contributed by atoms with E-state index < -0.39 is 5.97 Å². The molecule has 2 rings (SSSR count). The highest BCUT2D eigenvalue weighted by molar-refractivity contribution is 6.30. The lowest BCUT2D eigenvalue weighted by Gasteiger charge is -2.13. The van der Waals surface area contributed by atoms with Crippen molar-refractivity contribution in [2.45, 2.75) is 6.92 Å². The number of carbonyl (C=O) groups is 1. The largest absolute Gasteiger partial charge is 0.545 e. The van der Waals surface area contributed by atoms with Crippen LogP contribution in [-0.2, 0) is 0 Å². The summed E-state index contributed by atoms with van der Waals surface area (Å²) in [6.45, 7) is 1.75. The highest BCUT2D eigenvalue weighted by Gasteiger charge is 2.08. The maximum absolute atomic E-state index is 11.1. The summed E-state index contributed by atoms with van der Waals surface area (Å²) in [6, 6.07) is 12.4. The molecule has 0 aliphatic carbocycles. The van der Waals surface area contributed by atoms with Gasteiger partial charge in [0.15, 0.2) is 0 Å². The molecule has 0 saturated heterocycles. The molecular formula is C14H10ClO2-. The van der Waals surface area contributed by atoms with Gasteiger partial charge in [-0.25, -0.2) is 0 Å². The van der Waals surface area contributed by atoms with E-state index in [1.807, 2.05) is 6.07 Å². The van der Waals surface area contributed by atoms with E-state index in [-0.39, 0.29) is 5.56 Å². The average Bonchev–Trinajstić information content (AvgIpc) is 2.29. The summed E-state index contributed by atoms with van der Waals surface area (Å²) in [5, 5.41) is 11.8.